The largest absolute Gasteiger partial charge is 0.304 e. The van der Waals surface area contributed by atoms with E-state index in [0.717, 1.165) is 13.1 Å². The molecular formula is C20H29N. The Bertz CT molecular complexity index is 549. The highest BCUT2D eigenvalue weighted by atomic mass is 15.1. The molecule has 0 aliphatic heterocycles. The van der Waals surface area contributed by atoms with Gasteiger partial charge in [-0.25, -0.2) is 0 Å². The average Bonchev–Trinajstić information content (AvgIpc) is 2.51. The Hall–Kier alpha value is -1.34. The third kappa shape index (κ3) is 3.85. The number of nitrogens with zero attached hydrogens (tertiary/aromatic N) is 1. The summed E-state index contributed by atoms with van der Waals surface area (Å²) >= 11 is 0. The lowest BCUT2D eigenvalue weighted by molar-refractivity contribution is 0.278. The number of benzene rings is 2. The molecule has 0 heterocycles. The lowest BCUT2D eigenvalue weighted by Gasteiger charge is -2.26. The van der Waals surface area contributed by atoms with Crippen LogP contribution in [0.25, 0.3) is 10.8 Å². The highest BCUT2D eigenvalue weighted by Gasteiger charge is 2.18. The van der Waals surface area contributed by atoms with Crippen molar-refractivity contribution in [2.75, 3.05) is 19.6 Å². The van der Waals surface area contributed by atoms with Gasteiger partial charge in [0.15, 0.2) is 0 Å². The summed E-state index contributed by atoms with van der Waals surface area (Å²) in [5, 5.41) is 2.79. The van der Waals surface area contributed by atoms with Gasteiger partial charge < -0.3 is 4.90 Å². The smallest absolute Gasteiger partial charge is 0.00130 e. The fraction of sp³-hybridized carbons (Fsp3) is 0.500. The summed E-state index contributed by atoms with van der Waals surface area (Å²) in [4.78, 5) is 2.53. The second-order valence-corrected chi connectivity index (χ2v) is 6.23. The van der Waals surface area contributed by atoms with Crippen LogP contribution < -0.4 is 0 Å². The number of hydrogen-bond donors (Lipinski definition) is 0. The van der Waals surface area contributed by atoms with E-state index >= 15 is 0 Å². The van der Waals surface area contributed by atoms with Gasteiger partial charge in [-0.15, -0.1) is 0 Å². The van der Waals surface area contributed by atoms with E-state index in [0.29, 0.717) is 11.8 Å². The summed E-state index contributed by atoms with van der Waals surface area (Å²) in [5.41, 5.74) is 1.52. The van der Waals surface area contributed by atoms with Gasteiger partial charge >= 0.3 is 0 Å². The number of fused-ring (bicyclic) bond motifs is 1. The molecule has 1 heteroatoms. The van der Waals surface area contributed by atoms with Gasteiger partial charge in [-0.2, -0.15) is 0 Å². The van der Waals surface area contributed by atoms with Crippen LogP contribution in [0, 0.1) is 5.92 Å². The van der Waals surface area contributed by atoms with Crippen molar-refractivity contribution >= 4 is 10.8 Å². The van der Waals surface area contributed by atoms with Crippen LogP contribution in [0.1, 0.15) is 45.6 Å². The zero-order valence-electron chi connectivity index (χ0n) is 14.0. The first-order chi connectivity index (χ1) is 10.2. The third-order valence-electron chi connectivity index (χ3n) is 4.68. The molecule has 0 spiro atoms. The first kappa shape index (κ1) is 16.0. The molecule has 0 aliphatic rings. The Kier molecular flexibility index (Phi) is 5.81. The van der Waals surface area contributed by atoms with Gasteiger partial charge in [-0.3, -0.25) is 0 Å². The average molecular weight is 283 g/mol. The lowest BCUT2D eigenvalue weighted by Crippen LogP contribution is -2.26. The molecule has 21 heavy (non-hydrogen) atoms. The predicted octanol–water partition coefficient (Wildman–Crippen LogP) is 5.31. The van der Waals surface area contributed by atoms with Gasteiger partial charge in [-0.05, 0) is 54.2 Å². The molecule has 2 aromatic carbocycles. The van der Waals surface area contributed by atoms with Crippen molar-refractivity contribution in [3.8, 4) is 0 Å². The van der Waals surface area contributed by atoms with Crippen molar-refractivity contribution in [2.45, 2.75) is 40.0 Å². The van der Waals surface area contributed by atoms with Crippen LogP contribution in [-0.4, -0.2) is 24.5 Å². The summed E-state index contributed by atoms with van der Waals surface area (Å²) in [7, 11) is 0. The highest BCUT2D eigenvalue weighted by molar-refractivity contribution is 5.86. The topological polar surface area (TPSA) is 3.24 Å². The van der Waals surface area contributed by atoms with Crippen molar-refractivity contribution in [1.29, 1.82) is 0 Å². The van der Waals surface area contributed by atoms with E-state index in [1.165, 1.54) is 29.3 Å². The highest BCUT2D eigenvalue weighted by Crippen LogP contribution is 2.33. The van der Waals surface area contributed by atoms with Gasteiger partial charge in [0.1, 0.15) is 0 Å². The molecule has 0 N–H and O–H groups in total. The standard InChI is InChI=1S/C20H29N/c1-5-21(6-2)15-14-18(16(3)4)20-13-9-11-17-10-7-8-12-19(17)20/h7-13,16,18H,5-6,14-15H2,1-4H3/t18-/m1/s1. The lowest BCUT2D eigenvalue weighted by atomic mass is 9.83. The van der Waals surface area contributed by atoms with Crippen LogP contribution in [0.4, 0.5) is 0 Å². The van der Waals surface area contributed by atoms with Crippen molar-refractivity contribution in [1.82, 2.24) is 4.90 Å². The summed E-state index contributed by atoms with van der Waals surface area (Å²) in [5.74, 6) is 1.31. The molecule has 0 bridgehead atoms. The third-order valence-corrected chi connectivity index (χ3v) is 4.68. The Morgan fingerprint density at radius 3 is 2.24 bits per heavy atom. The van der Waals surface area contributed by atoms with Crippen LogP contribution in [0.5, 0.6) is 0 Å². The minimum atomic E-state index is 0.636. The second kappa shape index (κ2) is 7.61. The van der Waals surface area contributed by atoms with E-state index in [1.54, 1.807) is 0 Å². The zero-order chi connectivity index (χ0) is 15.2. The van der Waals surface area contributed by atoms with Crippen molar-refractivity contribution in [3.05, 3.63) is 48.0 Å². The molecular weight excluding hydrogens is 254 g/mol. The van der Waals surface area contributed by atoms with E-state index in [4.69, 9.17) is 0 Å². The summed E-state index contributed by atoms with van der Waals surface area (Å²) in [6, 6.07) is 15.6. The fourth-order valence-electron chi connectivity index (χ4n) is 3.28. The van der Waals surface area contributed by atoms with Crippen LogP contribution in [0.15, 0.2) is 42.5 Å². The number of rotatable bonds is 7. The van der Waals surface area contributed by atoms with Gasteiger partial charge in [0.05, 0.1) is 0 Å². The number of hydrogen-bond acceptors (Lipinski definition) is 1. The van der Waals surface area contributed by atoms with Gasteiger partial charge in [0.2, 0.25) is 0 Å². The quantitative estimate of drug-likeness (QED) is 0.665. The normalized spacial score (nSPS) is 13.2. The van der Waals surface area contributed by atoms with Crippen LogP contribution >= 0.6 is 0 Å². The van der Waals surface area contributed by atoms with E-state index in [2.05, 4.69) is 75.1 Å². The Labute approximate surface area is 130 Å². The molecule has 1 nitrogen and oxygen atoms in total. The van der Waals surface area contributed by atoms with Crippen LogP contribution in [-0.2, 0) is 0 Å². The van der Waals surface area contributed by atoms with E-state index in [9.17, 15) is 0 Å². The van der Waals surface area contributed by atoms with E-state index in [-0.39, 0.29) is 0 Å². The Morgan fingerprint density at radius 1 is 0.905 bits per heavy atom. The van der Waals surface area contributed by atoms with Crippen molar-refractivity contribution in [2.24, 2.45) is 5.92 Å². The Balaban J connectivity index is 2.28. The molecule has 0 unspecified atom stereocenters. The van der Waals surface area contributed by atoms with Gasteiger partial charge in [0.25, 0.3) is 0 Å². The monoisotopic (exact) mass is 283 g/mol. The Morgan fingerprint density at radius 2 is 1.57 bits per heavy atom. The molecule has 2 rings (SSSR count). The molecule has 2 aromatic rings. The maximum atomic E-state index is 2.53. The fourth-order valence-corrected chi connectivity index (χ4v) is 3.28. The molecule has 0 saturated carbocycles. The molecule has 0 aliphatic carbocycles. The summed E-state index contributed by atoms with van der Waals surface area (Å²) in [6.07, 6.45) is 1.24. The van der Waals surface area contributed by atoms with Gasteiger partial charge in [0, 0.05) is 0 Å². The van der Waals surface area contributed by atoms with Crippen molar-refractivity contribution in [3.63, 3.8) is 0 Å². The van der Waals surface area contributed by atoms with E-state index < -0.39 is 0 Å². The zero-order valence-corrected chi connectivity index (χ0v) is 14.0. The molecule has 1 atom stereocenters. The van der Waals surface area contributed by atoms with Crippen LogP contribution in [0.2, 0.25) is 0 Å². The van der Waals surface area contributed by atoms with Crippen molar-refractivity contribution < 1.29 is 0 Å². The predicted molar refractivity (Wildman–Crippen MR) is 93.9 cm³/mol. The first-order valence-corrected chi connectivity index (χ1v) is 8.37. The molecule has 114 valence electrons. The molecule has 0 aromatic heterocycles. The second-order valence-electron chi connectivity index (χ2n) is 6.23. The molecule has 0 fully saturated rings. The minimum Gasteiger partial charge on any atom is -0.304 e. The molecule has 0 saturated heterocycles. The summed E-state index contributed by atoms with van der Waals surface area (Å²) < 4.78 is 0. The molecule has 0 radical (unpaired) electrons. The maximum Gasteiger partial charge on any atom is -0.00130 e. The SMILES string of the molecule is CCN(CC)CC[C@@H](c1cccc2ccccc12)C(C)C. The minimum absolute atomic E-state index is 0.636. The molecule has 0 amide bonds. The van der Waals surface area contributed by atoms with Crippen LogP contribution in [0.3, 0.4) is 0 Å². The first-order valence-electron chi connectivity index (χ1n) is 8.37. The summed E-state index contributed by atoms with van der Waals surface area (Å²) in [6.45, 7) is 12.7. The maximum absolute atomic E-state index is 2.53. The van der Waals surface area contributed by atoms with Gasteiger partial charge in [-0.1, -0.05) is 70.2 Å². The van der Waals surface area contributed by atoms with E-state index in [1.807, 2.05) is 0 Å².